The van der Waals surface area contributed by atoms with Gasteiger partial charge in [0.05, 0.1) is 23.7 Å². The van der Waals surface area contributed by atoms with Gasteiger partial charge in [-0.2, -0.15) is 0 Å². The van der Waals surface area contributed by atoms with E-state index in [0.717, 1.165) is 22.5 Å². The summed E-state index contributed by atoms with van der Waals surface area (Å²) >= 11 is 0. The molecule has 0 aliphatic carbocycles. The van der Waals surface area contributed by atoms with Crippen LogP contribution in [-0.2, 0) is 4.79 Å². The number of aryl methyl sites for hydroxylation is 1. The van der Waals surface area contributed by atoms with Gasteiger partial charge in [0.1, 0.15) is 5.75 Å². The Morgan fingerprint density at radius 3 is 2.31 bits per heavy atom. The Morgan fingerprint density at radius 2 is 1.63 bits per heavy atom. The standard InChI is InChI=1S/C26H28N6O3/c1-16-12-13-18(34-4)15-22(16)31-23-24(30-21-11-6-5-10-20(21)29-23)32-35-19-9-7-8-17(14-19)28-25(33)26(2,3)27/h5-15H,27H2,1-4H3,(H,28,33)(H,29,31)(H,30,32). The normalized spacial score (nSPS) is 11.1. The highest BCUT2D eigenvalue weighted by atomic mass is 16.6. The summed E-state index contributed by atoms with van der Waals surface area (Å²) in [6, 6.07) is 20.3. The Hall–Kier alpha value is -4.37. The first-order valence-corrected chi connectivity index (χ1v) is 11.0. The highest BCUT2D eigenvalue weighted by Crippen LogP contribution is 2.29. The summed E-state index contributed by atoms with van der Waals surface area (Å²) in [6.45, 7) is 5.27. The van der Waals surface area contributed by atoms with Gasteiger partial charge in [0, 0.05) is 23.5 Å². The number of anilines is 4. The second-order valence-electron chi connectivity index (χ2n) is 8.62. The smallest absolute Gasteiger partial charge is 0.243 e. The molecule has 0 saturated heterocycles. The maximum Gasteiger partial charge on any atom is 0.243 e. The quantitative estimate of drug-likeness (QED) is 0.270. The summed E-state index contributed by atoms with van der Waals surface area (Å²) in [4.78, 5) is 27.4. The lowest BCUT2D eigenvalue weighted by molar-refractivity contribution is -0.120. The van der Waals surface area contributed by atoms with Crippen molar-refractivity contribution in [2.75, 3.05) is 23.2 Å². The van der Waals surface area contributed by atoms with E-state index < -0.39 is 5.54 Å². The first-order valence-electron chi connectivity index (χ1n) is 11.0. The highest BCUT2D eigenvalue weighted by Gasteiger charge is 2.22. The highest BCUT2D eigenvalue weighted by molar-refractivity contribution is 5.97. The lowest BCUT2D eigenvalue weighted by Gasteiger charge is -2.18. The third-order valence-electron chi connectivity index (χ3n) is 5.21. The van der Waals surface area contributed by atoms with E-state index >= 15 is 0 Å². The van der Waals surface area contributed by atoms with Gasteiger partial charge >= 0.3 is 0 Å². The lowest BCUT2D eigenvalue weighted by Crippen LogP contribution is -2.45. The van der Waals surface area contributed by atoms with Crippen LogP contribution in [0.4, 0.5) is 23.0 Å². The van der Waals surface area contributed by atoms with E-state index in [1.165, 1.54) is 0 Å². The summed E-state index contributed by atoms with van der Waals surface area (Å²) in [5, 5.41) is 6.11. The van der Waals surface area contributed by atoms with E-state index in [9.17, 15) is 4.79 Å². The zero-order chi connectivity index (χ0) is 25.0. The molecule has 1 amide bonds. The Kier molecular flexibility index (Phi) is 6.70. The van der Waals surface area contributed by atoms with Crippen molar-refractivity contribution in [2.24, 2.45) is 5.73 Å². The molecular weight excluding hydrogens is 444 g/mol. The molecule has 0 radical (unpaired) electrons. The van der Waals surface area contributed by atoms with Crippen molar-refractivity contribution in [3.8, 4) is 11.5 Å². The van der Waals surface area contributed by atoms with Crippen LogP contribution in [0, 0.1) is 6.92 Å². The molecule has 4 aromatic rings. The molecule has 3 aromatic carbocycles. The Balaban J connectivity index is 1.61. The van der Waals surface area contributed by atoms with Crippen LogP contribution < -0.4 is 31.4 Å². The second-order valence-corrected chi connectivity index (χ2v) is 8.62. The third kappa shape index (κ3) is 5.77. The number of carbonyl (C=O) groups excluding carboxylic acids is 1. The van der Waals surface area contributed by atoms with Gasteiger partial charge in [-0.15, -0.1) is 0 Å². The van der Waals surface area contributed by atoms with Crippen molar-refractivity contribution in [3.05, 3.63) is 72.3 Å². The molecule has 0 saturated carbocycles. The van der Waals surface area contributed by atoms with Crippen LogP contribution in [-0.4, -0.2) is 28.5 Å². The average molecular weight is 473 g/mol. The number of benzene rings is 3. The molecule has 9 heteroatoms. The molecule has 9 nitrogen and oxygen atoms in total. The van der Waals surface area contributed by atoms with E-state index in [0.29, 0.717) is 28.6 Å². The average Bonchev–Trinajstić information content (AvgIpc) is 2.83. The summed E-state index contributed by atoms with van der Waals surface area (Å²) in [7, 11) is 1.62. The molecule has 180 valence electrons. The zero-order valence-corrected chi connectivity index (χ0v) is 20.0. The zero-order valence-electron chi connectivity index (χ0n) is 20.0. The minimum Gasteiger partial charge on any atom is -0.497 e. The van der Waals surface area contributed by atoms with Gasteiger partial charge in [-0.1, -0.05) is 24.3 Å². The fraction of sp³-hybridized carbons (Fsp3) is 0.192. The summed E-state index contributed by atoms with van der Waals surface area (Å²) in [5.74, 6) is 1.76. The molecule has 35 heavy (non-hydrogen) atoms. The fourth-order valence-corrected chi connectivity index (χ4v) is 3.19. The van der Waals surface area contributed by atoms with Crippen molar-refractivity contribution < 1.29 is 14.4 Å². The number of amides is 1. The molecule has 5 N–H and O–H groups in total. The molecular formula is C26H28N6O3. The summed E-state index contributed by atoms with van der Waals surface area (Å²) in [6.07, 6.45) is 0. The van der Waals surface area contributed by atoms with Gasteiger partial charge in [-0.25, -0.2) is 15.4 Å². The number of carbonyl (C=O) groups is 1. The van der Waals surface area contributed by atoms with Gasteiger partial charge in [0.25, 0.3) is 0 Å². The van der Waals surface area contributed by atoms with E-state index in [4.69, 9.17) is 20.3 Å². The van der Waals surface area contributed by atoms with Crippen LogP contribution >= 0.6 is 0 Å². The predicted octanol–water partition coefficient (Wildman–Crippen LogP) is 4.77. The number of hydrogen-bond donors (Lipinski definition) is 4. The number of nitrogens with one attached hydrogen (secondary N) is 3. The topological polar surface area (TPSA) is 123 Å². The predicted molar refractivity (Wildman–Crippen MR) is 138 cm³/mol. The molecule has 0 atom stereocenters. The van der Waals surface area contributed by atoms with Crippen LogP contribution in [0.5, 0.6) is 11.5 Å². The molecule has 1 heterocycles. The summed E-state index contributed by atoms with van der Waals surface area (Å²) < 4.78 is 5.36. The molecule has 0 unspecified atom stereocenters. The second kappa shape index (κ2) is 9.86. The van der Waals surface area contributed by atoms with Gasteiger partial charge in [0.2, 0.25) is 11.7 Å². The van der Waals surface area contributed by atoms with E-state index in [1.54, 1.807) is 45.2 Å². The number of nitrogens with zero attached hydrogens (tertiary/aromatic N) is 2. The maximum atomic E-state index is 12.2. The molecule has 0 fully saturated rings. The SMILES string of the molecule is COc1ccc(C)c(Nc2nc3ccccc3nc2NOc2cccc(NC(=O)C(C)(C)N)c2)c1. The van der Waals surface area contributed by atoms with Crippen molar-refractivity contribution in [1.82, 2.24) is 9.97 Å². The van der Waals surface area contributed by atoms with E-state index in [1.807, 2.05) is 49.4 Å². The van der Waals surface area contributed by atoms with E-state index in [2.05, 4.69) is 21.1 Å². The van der Waals surface area contributed by atoms with Crippen molar-refractivity contribution in [2.45, 2.75) is 26.3 Å². The van der Waals surface area contributed by atoms with Crippen LogP contribution in [0.15, 0.2) is 66.7 Å². The first-order chi connectivity index (χ1) is 16.7. The van der Waals surface area contributed by atoms with Crippen LogP contribution in [0.2, 0.25) is 0 Å². The molecule has 0 bridgehead atoms. The molecule has 4 rings (SSSR count). The number of nitrogens with two attached hydrogens (primary N) is 1. The third-order valence-corrected chi connectivity index (χ3v) is 5.21. The van der Waals surface area contributed by atoms with Crippen molar-refractivity contribution in [1.29, 1.82) is 0 Å². The number of methoxy groups -OCH3 is 1. The largest absolute Gasteiger partial charge is 0.497 e. The number of ether oxygens (including phenoxy) is 1. The van der Waals surface area contributed by atoms with Crippen molar-refractivity contribution >= 4 is 40.0 Å². The van der Waals surface area contributed by atoms with Crippen LogP contribution in [0.25, 0.3) is 11.0 Å². The Morgan fingerprint density at radius 1 is 0.914 bits per heavy atom. The Bertz CT molecular complexity index is 1370. The Labute approximate surface area is 203 Å². The maximum absolute atomic E-state index is 12.2. The number of para-hydroxylation sites is 2. The van der Waals surface area contributed by atoms with Gasteiger partial charge < -0.3 is 25.9 Å². The fourth-order valence-electron chi connectivity index (χ4n) is 3.19. The molecule has 0 aliphatic rings. The molecule has 1 aromatic heterocycles. The number of fused-ring (bicyclic) bond motifs is 1. The number of hydrogen-bond acceptors (Lipinski definition) is 8. The van der Waals surface area contributed by atoms with Crippen LogP contribution in [0.3, 0.4) is 0 Å². The minimum atomic E-state index is -1.01. The minimum absolute atomic E-state index is 0.303. The number of aromatic nitrogens is 2. The van der Waals surface area contributed by atoms with Gasteiger partial charge in [0.15, 0.2) is 11.6 Å². The molecule has 0 aliphatic heterocycles. The van der Waals surface area contributed by atoms with Crippen LogP contribution in [0.1, 0.15) is 19.4 Å². The summed E-state index contributed by atoms with van der Waals surface area (Å²) in [5.41, 5.74) is 11.6. The first kappa shape index (κ1) is 23.8. The molecule has 0 spiro atoms. The lowest BCUT2D eigenvalue weighted by atomic mass is 10.1. The van der Waals surface area contributed by atoms with Crippen molar-refractivity contribution in [3.63, 3.8) is 0 Å². The number of rotatable bonds is 8. The monoisotopic (exact) mass is 472 g/mol. The van der Waals surface area contributed by atoms with Gasteiger partial charge in [-0.3, -0.25) is 4.79 Å². The van der Waals surface area contributed by atoms with Gasteiger partial charge in [-0.05, 0) is 56.7 Å². The van der Waals surface area contributed by atoms with E-state index in [-0.39, 0.29) is 5.91 Å².